The lowest BCUT2D eigenvalue weighted by molar-refractivity contribution is 0.588. The Kier molecular flexibility index (Phi) is 4.71. The van der Waals surface area contributed by atoms with Gasteiger partial charge >= 0.3 is 0 Å². The van der Waals surface area contributed by atoms with Crippen molar-refractivity contribution in [1.29, 1.82) is 0 Å². The number of sulfonamides is 1. The quantitative estimate of drug-likeness (QED) is 0.461. The highest BCUT2D eigenvalue weighted by Gasteiger charge is 2.14. The van der Waals surface area contributed by atoms with E-state index in [1.54, 1.807) is 30.6 Å². The second-order valence-corrected chi connectivity index (χ2v) is 8.18. The van der Waals surface area contributed by atoms with Gasteiger partial charge < -0.3 is 10.3 Å². The molecule has 0 amide bonds. The lowest BCUT2D eigenvalue weighted by Gasteiger charge is -2.08. The molecule has 28 heavy (non-hydrogen) atoms. The van der Waals surface area contributed by atoms with Crippen LogP contribution in [0, 0.1) is 0 Å². The van der Waals surface area contributed by atoms with Gasteiger partial charge in [-0.3, -0.25) is 4.98 Å². The molecule has 0 fully saturated rings. The topological polar surface area (TPSA) is 113 Å². The standard InChI is InChI=1S/C18H15ClN6O2S/c1-20-28(26,27)12-4-2-3-11(7-12)24-17-14-8-16(25-18(14)23-10-22-17)13-5-6-21-9-15(13)19/h2-10,20H,1H3,(H2,22,23,24,25). The van der Waals surface area contributed by atoms with E-state index in [4.69, 9.17) is 11.6 Å². The molecule has 0 aliphatic heterocycles. The number of rotatable bonds is 5. The van der Waals surface area contributed by atoms with Gasteiger partial charge in [0.1, 0.15) is 17.8 Å². The normalized spacial score (nSPS) is 11.6. The molecular weight excluding hydrogens is 400 g/mol. The van der Waals surface area contributed by atoms with Gasteiger partial charge in [0.05, 0.1) is 15.3 Å². The van der Waals surface area contributed by atoms with Gasteiger partial charge in [-0.05, 0) is 37.4 Å². The highest BCUT2D eigenvalue weighted by molar-refractivity contribution is 7.89. The van der Waals surface area contributed by atoms with Gasteiger partial charge in [-0.1, -0.05) is 17.7 Å². The number of nitrogens with one attached hydrogen (secondary N) is 3. The van der Waals surface area contributed by atoms with Gasteiger partial charge in [0, 0.05) is 29.3 Å². The molecule has 0 aliphatic carbocycles. The molecule has 0 spiro atoms. The number of aromatic nitrogens is 4. The molecule has 8 nitrogen and oxygen atoms in total. The number of anilines is 2. The van der Waals surface area contributed by atoms with Crippen LogP contribution < -0.4 is 10.0 Å². The highest BCUT2D eigenvalue weighted by atomic mass is 35.5. The van der Waals surface area contributed by atoms with Crippen LogP contribution in [0.4, 0.5) is 11.5 Å². The Morgan fingerprint density at radius 2 is 2.00 bits per heavy atom. The van der Waals surface area contributed by atoms with E-state index >= 15 is 0 Å². The summed E-state index contributed by atoms with van der Waals surface area (Å²) in [5.74, 6) is 0.539. The molecule has 0 bridgehead atoms. The molecule has 3 aromatic heterocycles. The maximum absolute atomic E-state index is 12.0. The first kappa shape index (κ1) is 18.4. The van der Waals surface area contributed by atoms with Gasteiger partial charge in [-0.25, -0.2) is 23.1 Å². The molecule has 0 saturated heterocycles. The summed E-state index contributed by atoms with van der Waals surface area (Å²) in [5, 5.41) is 4.41. The first-order valence-electron chi connectivity index (χ1n) is 8.22. The number of H-pyrrole nitrogens is 1. The van der Waals surface area contributed by atoms with Crippen molar-refractivity contribution >= 4 is 44.2 Å². The zero-order valence-electron chi connectivity index (χ0n) is 14.6. The summed E-state index contributed by atoms with van der Waals surface area (Å²) in [4.78, 5) is 15.9. The van der Waals surface area contributed by atoms with Crippen LogP contribution in [0.25, 0.3) is 22.3 Å². The summed E-state index contributed by atoms with van der Waals surface area (Å²) in [6, 6.07) is 10.2. The number of pyridine rings is 1. The van der Waals surface area contributed by atoms with E-state index in [1.807, 2.05) is 6.07 Å². The molecule has 0 aliphatic rings. The Hall–Kier alpha value is -3.01. The maximum atomic E-state index is 12.0. The lowest BCUT2D eigenvalue weighted by atomic mass is 10.2. The van der Waals surface area contributed by atoms with Crippen LogP contribution in [0.5, 0.6) is 0 Å². The number of hydrogen-bond acceptors (Lipinski definition) is 6. The predicted molar refractivity (Wildman–Crippen MR) is 108 cm³/mol. The first-order chi connectivity index (χ1) is 13.5. The van der Waals surface area contributed by atoms with Gasteiger partial charge in [-0.15, -0.1) is 0 Å². The van der Waals surface area contributed by atoms with Crippen LogP contribution in [0.3, 0.4) is 0 Å². The Morgan fingerprint density at radius 3 is 2.79 bits per heavy atom. The molecule has 0 unspecified atom stereocenters. The van der Waals surface area contributed by atoms with Crippen molar-refractivity contribution in [3.05, 3.63) is 60.1 Å². The van der Waals surface area contributed by atoms with Crippen molar-refractivity contribution in [2.24, 2.45) is 0 Å². The molecule has 4 aromatic rings. The SMILES string of the molecule is CNS(=O)(=O)c1cccc(Nc2ncnc3[nH]c(-c4ccncc4Cl)cc23)c1. The molecule has 0 radical (unpaired) electrons. The van der Waals surface area contributed by atoms with E-state index in [-0.39, 0.29) is 4.90 Å². The zero-order chi connectivity index (χ0) is 19.7. The Labute approximate surface area is 166 Å². The van der Waals surface area contributed by atoms with E-state index in [9.17, 15) is 8.42 Å². The van der Waals surface area contributed by atoms with Crippen molar-refractivity contribution in [1.82, 2.24) is 24.7 Å². The van der Waals surface area contributed by atoms with Gasteiger partial charge in [0.25, 0.3) is 0 Å². The van der Waals surface area contributed by atoms with E-state index < -0.39 is 10.0 Å². The Balaban J connectivity index is 1.75. The van der Waals surface area contributed by atoms with Gasteiger partial charge in [-0.2, -0.15) is 0 Å². The fourth-order valence-electron chi connectivity index (χ4n) is 2.77. The van der Waals surface area contributed by atoms with Gasteiger partial charge in [0.15, 0.2) is 0 Å². The molecule has 1 aromatic carbocycles. The van der Waals surface area contributed by atoms with Crippen molar-refractivity contribution in [3.63, 3.8) is 0 Å². The van der Waals surface area contributed by atoms with Crippen molar-refractivity contribution in [3.8, 4) is 11.3 Å². The molecular formula is C18H15ClN6O2S. The van der Waals surface area contributed by atoms with E-state index in [1.165, 1.54) is 25.5 Å². The summed E-state index contributed by atoms with van der Waals surface area (Å²) >= 11 is 6.23. The minimum Gasteiger partial charge on any atom is -0.340 e. The number of benzene rings is 1. The minimum atomic E-state index is -3.54. The molecule has 10 heteroatoms. The van der Waals surface area contributed by atoms with Crippen LogP contribution in [0.1, 0.15) is 0 Å². The van der Waals surface area contributed by atoms with Crippen LogP contribution in [0.15, 0.2) is 60.0 Å². The molecule has 4 rings (SSSR count). The molecule has 142 valence electrons. The third-order valence-corrected chi connectivity index (χ3v) is 5.88. The summed E-state index contributed by atoms with van der Waals surface area (Å²) in [7, 11) is -2.17. The second kappa shape index (κ2) is 7.19. The van der Waals surface area contributed by atoms with Crippen molar-refractivity contribution in [2.75, 3.05) is 12.4 Å². The zero-order valence-corrected chi connectivity index (χ0v) is 16.2. The van der Waals surface area contributed by atoms with Crippen LogP contribution >= 0.6 is 11.6 Å². The number of fused-ring (bicyclic) bond motifs is 1. The summed E-state index contributed by atoms with van der Waals surface area (Å²) < 4.78 is 26.3. The maximum Gasteiger partial charge on any atom is 0.240 e. The van der Waals surface area contributed by atoms with E-state index in [2.05, 4.69) is 30.0 Å². The Bertz CT molecular complexity index is 1270. The first-order valence-corrected chi connectivity index (χ1v) is 10.1. The van der Waals surface area contributed by atoms with E-state index in [0.717, 1.165) is 16.6 Å². The average Bonchev–Trinajstić information content (AvgIpc) is 3.14. The predicted octanol–water partition coefficient (Wildman–Crippen LogP) is 3.33. The number of hydrogen-bond donors (Lipinski definition) is 3. The van der Waals surface area contributed by atoms with Crippen LogP contribution in [-0.4, -0.2) is 35.4 Å². The van der Waals surface area contributed by atoms with Crippen molar-refractivity contribution in [2.45, 2.75) is 4.90 Å². The average molecular weight is 415 g/mol. The second-order valence-electron chi connectivity index (χ2n) is 5.88. The monoisotopic (exact) mass is 414 g/mol. The molecule has 0 saturated carbocycles. The van der Waals surface area contributed by atoms with E-state index in [0.29, 0.717) is 22.2 Å². The third-order valence-electron chi connectivity index (χ3n) is 4.16. The van der Waals surface area contributed by atoms with Crippen LogP contribution in [-0.2, 0) is 10.0 Å². The van der Waals surface area contributed by atoms with Crippen LogP contribution in [0.2, 0.25) is 5.02 Å². The summed E-state index contributed by atoms with van der Waals surface area (Å²) in [5.41, 5.74) is 2.78. The smallest absolute Gasteiger partial charge is 0.240 e. The minimum absolute atomic E-state index is 0.156. The van der Waals surface area contributed by atoms with Crippen molar-refractivity contribution < 1.29 is 8.42 Å². The molecule has 3 heterocycles. The fourth-order valence-corrected chi connectivity index (χ4v) is 3.77. The van der Waals surface area contributed by atoms with Gasteiger partial charge in [0.2, 0.25) is 10.0 Å². The summed E-state index contributed by atoms with van der Waals surface area (Å²) in [6.45, 7) is 0. The fraction of sp³-hybridized carbons (Fsp3) is 0.0556. The third kappa shape index (κ3) is 3.42. The number of aromatic amines is 1. The summed E-state index contributed by atoms with van der Waals surface area (Å²) in [6.07, 6.45) is 4.65. The Morgan fingerprint density at radius 1 is 1.14 bits per heavy atom. The highest BCUT2D eigenvalue weighted by Crippen LogP contribution is 2.31. The lowest BCUT2D eigenvalue weighted by Crippen LogP contribution is -2.18. The number of halogens is 1. The molecule has 3 N–H and O–H groups in total. The largest absolute Gasteiger partial charge is 0.340 e. The molecule has 0 atom stereocenters. The number of nitrogens with zero attached hydrogens (tertiary/aromatic N) is 3.